The van der Waals surface area contributed by atoms with Gasteiger partial charge in [0.2, 0.25) is 0 Å². The van der Waals surface area contributed by atoms with E-state index in [0.29, 0.717) is 23.3 Å². The number of allylic oxidation sites excluding steroid dienone is 1. The second-order valence-electron chi connectivity index (χ2n) is 10.3. The molecule has 0 aliphatic heterocycles. The largest absolute Gasteiger partial charge is 0.497 e. The van der Waals surface area contributed by atoms with Gasteiger partial charge in [-0.05, 0) is 76.1 Å². The first-order valence-corrected chi connectivity index (χ1v) is 12.8. The van der Waals surface area contributed by atoms with Crippen LogP contribution in [0.5, 0.6) is 5.75 Å². The number of benzene rings is 1. The summed E-state index contributed by atoms with van der Waals surface area (Å²) in [6.45, 7) is 14.1. The lowest BCUT2D eigenvalue weighted by molar-refractivity contribution is -0.155. The van der Waals surface area contributed by atoms with Gasteiger partial charge in [-0.25, -0.2) is 0 Å². The first-order chi connectivity index (χ1) is 16.1. The summed E-state index contributed by atoms with van der Waals surface area (Å²) in [6.07, 6.45) is 11.5. The summed E-state index contributed by atoms with van der Waals surface area (Å²) in [5.74, 6) is 0.383. The summed E-state index contributed by atoms with van der Waals surface area (Å²) in [5.41, 5.74) is -0.0941. The third kappa shape index (κ3) is 12.9. The Balaban J connectivity index is 0.000000479. The third-order valence-electron chi connectivity index (χ3n) is 6.12. The first kappa shape index (κ1) is 29.9. The third-order valence-corrected chi connectivity index (χ3v) is 6.12. The summed E-state index contributed by atoms with van der Waals surface area (Å²) >= 11 is 0. The van der Waals surface area contributed by atoms with E-state index in [0.717, 1.165) is 25.3 Å². The Labute approximate surface area is 207 Å². The second kappa shape index (κ2) is 15.7. The maximum Gasteiger partial charge on any atom is 0.314 e. The lowest BCUT2D eigenvalue weighted by Crippen LogP contribution is -2.35. The Morgan fingerprint density at radius 2 is 1.74 bits per heavy atom. The van der Waals surface area contributed by atoms with Crippen molar-refractivity contribution < 1.29 is 19.1 Å². The molecule has 0 saturated heterocycles. The van der Waals surface area contributed by atoms with E-state index in [1.807, 2.05) is 19.9 Å². The van der Waals surface area contributed by atoms with E-state index in [2.05, 4.69) is 32.7 Å². The van der Waals surface area contributed by atoms with Crippen LogP contribution in [-0.2, 0) is 9.53 Å². The Morgan fingerprint density at radius 3 is 2.26 bits per heavy atom. The zero-order chi connectivity index (χ0) is 25.6. The van der Waals surface area contributed by atoms with Crippen molar-refractivity contribution >= 4 is 11.8 Å². The van der Waals surface area contributed by atoms with Gasteiger partial charge in [0.1, 0.15) is 17.8 Å². The predicted molar refractivity (Wildman–Crippen MR) is 140 cm³/mol. The van der Waals surface area contributed by atoms with E-state index in [1.165, 1.54) is 32.1 Å². The molecule has 1 aromatic carbocycles. The Hall–Kier alpha value is -2.14. The number of ether oxygens (including phenoxy) is 2. The molecule has 0 amide bonds. The van der Waals surface area contributed by atoms with Crippen molar-refractivity contribution in [1.29, 1.82) is 0 Å². The van der Waals surface area contributed by atoms with Crippen molar-refractivity contribution in [3.8, 4) is 5.75 Å². The van der Waals surface area contributed by atoms with Crippen LogP contribution >= 0.6 is 0 Å². The monoisotopic (exact) mass is 473 g/mol. The fourth-order valence-electron chi connectivity index (χ4n) is 4.11. The van der Waals surface area contributed by atoms with Crippen molar-refractivity contribution in [3.63, 3.8) is 0 Å². The molecular weight excluding hydrogens is 426 g/mol. The molecule has 34 heavy (non-hydrogen) atoms. The molecule has 1 atom stereocenters. The highest BCUT2D eigenvalue weighted by molar-refractivity contribution is 6.06. The number of hydrogen-bond acceptors (Lipinski definition) is 5. The molecule has 1 aromatic rings. The predicted octanol–water partition coefficient (Wildman–Crippen LogP) is 6.90. The lowest BCUT2D eigenvalue weighted by Gasteiger charge is -2.25. The van der Waals surface area contributed by atoms with Crippen LogP contribution in [0.2, 0.25) is 0 Å². The van der Waals surface area contributed by atoms with Crippen molar-refractivity contribution in [3.05, 3.63) is 42.5 Å². The molecule has 1 N–H and O–H groups in total. The maximum absolute atomic E-state index is 12.1. The van der Waals surface area contributed by atoms with Crippen LogP contribution in [0.3, 0.4) is 0 Å². The van der Waals surface area contributed by atoms with Crippen LogP contribution in [0.1, 0.15) is 103 Å². The molecule has 1 saturated carbocycles. The standard InChI is InChI=1S/C20H28O4.C9H19N/c1-6-15(2)8-7-13-20(3,4)24-19(22)14-18(21)16-9-11-17(23-5)12-10-16;1-8(2)10-9-6-4-3-5-7-9/h6,9-12,15H,1,7-8,13-14H2,2-5H3;8-10H,3-7H2,1-2H3. The molecule has 192 valence electrons. The number of Topliss-reactive ketones (excluding diaryl/α,β-unsaturated/α-hetero) is 1. The topological polar surface area (TPSA) is 64.6 Å². The first-order valence-electron chi connectivity index (χ1n) is 12.8. The molecule has 5 heteroatoms. The van der Waals surface area contributed by atoms with Crippen LogP contribution in [0, 0.1) is 5.92 Å². The maximum atomic E-state index is 12.1. The van der Waals surface area contributed by atoms with Crippen molar-refractivity contribution in [2.45, 2.75) is 110 Å². The van der Waals surface area contributed by atoms with E-state index in [-0.39, 0.29) is 12.2 Å². The number of esters is 1. The van der Waals surface area contributed by atoms with Crippen molar-refractivity contribution in [1.82, 2.24) is 5.32 Å². The number of carbonyl (C=O) groups is 2. The summed E-state index contributed by atoms with van der Waals surface area (Å²) in [6, 6.07) is 8.19. The number of nitrogens with one attached hydrogen (secondary N) is 1. The molecule has 0 aromatic heterocycles. The average Bonchev–Trinajstić information content (AvgIpc) is 2.79. The van der Waals surface area contributed by atoms with Crippen molar-refractivity contribution in [2.75, 3.05) is 7.11 Å². The summed E-state index contributed by atoms with van der Waals surface area (Å²) in [4.78, 5) is 24.2. The number of rotatable bonds is 12. The second-order valence-corrected chi connectivity index (χ2v) is 10.3. The van der Waals surface area contributed by atoms with Gasteiger partial charge >= 0.3 is 5.97 Å². The van der Waals surface area contributed by atoms with Gasteiger partial charge in [-0.15, -0.1) is 6.58 Å². The van der Waals surface area contributed by atoms with Crippen LogP contribution in [0.15, 0.2) is 36.9 Å². The van der Waals surface area contributed by atoms with Gasteiger partial charge < -0.3 is 14.8 Å². The molecule has 1 aliphatic rings. The highest BCUT2D eigenvalue weighted by Crippen LogP contribution is 2.22. The van der Waals surface area contributed by atoms with Crippen LogP contribution in [-0.4, -0.2) is 36.5 Å². The highest BCUT2D eigenvalue weighted by Gasteiger charge is 2.24. The number of carbonyl (C=O) groups excluding carboxylic acids is 2. The van der Waals surface area contributed by atoms with Crippen LogP contribution < -0.4 is 10.1 Å². The normalized spacial score (nSPS) is 15.1. The van der Waals surface area contributed by atoms with E-state index < -0.39 is 11.6 Å². The van der Waals surface area contributed by atoms with Gasteiger partial charge in [0.05, 0.1) is 7.11 Å². The van der Waals surface area contributed by atoms with E-state index >= 15 is 0 Å². The highest BCUT2D eigenvalue weighted by atomic mass is 16.6. The van der Waals surface area contributed by atoms with Crippen LogP contribution in [0.25, 0.3) is 0 Å². The lowest BCUT2D eigenvalue weighted by atomic mass is 9.95. The summed E-state index contributed by atoms with van der Waals surface area (Å²) in [5, 5.41) is 3.58. The van der Waals surface area contributed by atoms with E-state index in [4.69, 9.17) is 9.47 Å². The van der Waals surface area contributed by atoms with E-state index in [1.54, 1.807) is 31.4 Å². The smallest absolute Gasteiger partial charge is 0.314 e. The summed E-state index contributed by atoms with van der Waals surface area (Å²) < 4.78 is 10.5. The Bertz CT molecular complexity index is 733. The molecule has 1 aliphatic carbocycles. The SMILES string of the molecule is C=CC(C)CCCC(C)(C)OC(=O)CC(=O)c1ccc(OC)cc1.CC(C)NC1CCCCC1. The van der Waals surface area contributed by atoms with Gasteiger partial charge in [0, 0.05) is 17.6 Å². The van der Waals surface area contributed by atoms with Gasteiger partial charge in [-0.2, -0.15) is 0 Å². The Kier molecular flexibility index (Phi) is 13.8. The van der Waals surface area contributed by atoms with Gasteiger partial charge in [-0.3, -0.25) is 9.59 Å². The fraction of sp³-hybridized carbons (Fsp3) is 0.655. The number of methoxy groups -OCH3 is 1. The number of hydrogen-bond donors (Lipinski definition) is 1. The zero-order valence-electron chi connectivity index (χ0n) is 22.3. The van der Waals surface area contributed by atoms with Crippen molar-refractivity contribution in [2.24, 2.45) is 5.92 Å². The molecular formula is C29H47NO4. The number of ketones is 1. The molecule has 0 radical (unpaired) electrons. The molecule has 0 bridgehead atoms. The Morgan fingerprint density at radius 1 is 1.12 bits per heavy atom. The fourth-order valence-corrected chi connectivity index (χ4v) is 4.11. The molecule has 1 fully saturated rings. The summed E-state index contributed by atoms with van der Waals surface area (Å²) in [7, 11) is 1.56. The molecule has 2 rings (SSSR count). The molecule has 5 nitrogen and oxygen atoms in total. The zero-order valence-corrected chi connectivity index (χ0v) is 22.3. The van der Waals surface area contributed by atoms with Gasteiger partial charge in [0.15, 0.2) is 5.78 Å². The molecule has 0 heterocycles. The average molecular weight is 474 g/mol. The quantitative estimate of drug-likeness (QED) is 0.155. The van der Waals surface area contributed by atoms with Crippen LogP contribution in [0.4, 0.5) is 0 Å². The minimum absolute atomic E-state index is 0.251. The van der Waals surface area contributed by atoms with Gasteiger partial charge in [0.25, 0.3) is 0 Å². The minimum atomic E-state index is -0.571. The van der Waals surface area contributed by atoms with E-state index in [9.17, 15) is 9.59 Å². The molecule has 0 spiro atoms. The van der Waals surface area contributed by atoms with Gasteiger partial charge in [-0.1, -0.05) is 46.1 Å². The minimum Gasteiger partial charge on any atom is -0.497 e. The molecule has 1 unspecified atom stereocenters.